The number of hydrogen-bond acceptors (Lipinski definition) is 4. The molecule has 1 atom stereocenters. The Kier molecular flexibility index (Phi) is 4.31. The number of amides is 1. The van der Waals surface area contributed by atoms with Crippen LogP contribution in [0, 0.1) is 12.8 Å². The van der Waals surface area contributed by atoms with Crippen molar-refractivity contribution in [1.29, 1.82) is 0 Å². The summed E-state index contributed by atoms with van der Waals surface area (Å²) in [5.41, 5.74) is 0. The van der Waals surface area contributed by atoms with E-state index in [-0.39, 0.29) is 11.7 Å². The first-order valence-electron chi connectivity index (χ1n) is 5.40. The molecular formula is C12H17NO4. The second-order valence-electron chi connectivity index (χ2n) is 4.13. The van der Waals surface area contributed by atoms with Gasteiger partial charge in [-0.1, -0.05) is 13.8 Å². The molecule has 17 heavy (non-hydrogen) atoms. The van der Waals surface area contributed by atoms with E-state index < -0.39 is 17.9 Å². The Labute approximate surface area is 100 Å². The third kappa shape index (κ3) is 3.34. The molecule has 0 aliphatic heterocycles. The zero-order valence-electron chi connectivity index (χ0n) is 10.4. The van der Waals surface area contributed by atoms with Crippen LogP contribution in [0.25, 0.3) is 0 Å². The van der Waals surface area contributed by atoms with Crippen molar-refractivity contribution >= 4 is 11.9 Å². The second kappa shape index (κ2) is 5.52. The predicted octanol–water partition coefficient (Wildman–Crippen LogP) is 1.52. The molecule has 0 aromatic carbocycles. The molecule has 0 saturated heterocycles. The second-order valence-corrected chi connectivity index (χ2v) is 4.13. The van der Waals surface area contributed by atoms with Crippen molar-refractivity contribution < 1.29 is 18.7 Å². The van der Waals surface area contributed by atoms with Gasteiger partial charge in [0.2, 0.25) is 0 Å². The van der Waals surface area contributed by atoms with Crippen LogP contribution in [0.4, 0.5) is 0 Å². The lowest BCUT2D eigenvalue weighted by molar-refractivity contribution is -0.144. The highest BCUT2D eigenvalue weighted by Crippen LogP contribution is 2.09. The fourth-order valence-corrected chi connectivity index (χ4v) is 1.39. The maximum atomic E-state index is 11.8. The fraction of sp³-hybridized carbons (Fsp3) is 0.500. The molecular weight excluding hydrogens is 222 g/mol. The number of nitrogens with one attached hydrogen (secondary N) is 1. The van der Waals surface area contributed by atoms with Gasteiger partial charge >= 0.3 is 5.97 Å². The van der Waals surface area contributed by atoms with E-state index in [0.717, 1.165) is 0 Å². The molecule has 1 heterocycles. The van der Waals surface area contributed by atoms with Gasteiger partial charge in [-0.3, -0.25) is 4.79 Å². The molecule has 5 nitrogen and oxygen atoms in total. The van der Waals surface area contributed by atoms with Crippen LogP contribution >= 0.6 is 0 Å². The molecule has 1 aromatic rings. The summed E-state index contributed by atoms with van der Waals surface area (Å²) < 4.78 is 9.81. The minimum atomic E-state index is -0.669. The summed E-state index contributed by atoms with van der Waals surface area (Å²) in [5.74, 6) is -0.0901. The molecule has 0 bridgehead atoms. The number of aryl methyl sites for hydroxylation is 1. The zero-order chi connectivity index (χ0) is 13.0. The van der Waals surface area contributed by atoms with Crippen molar-refractivity contribution in [2.24, 2.45) is 5.92 Å². The molecule has 0 aliphatic carbocycles. The number of esters is 1. The third-order valence-corrected chi connectivity index (χ3v) is 2.37. The first kappa shape index (κ1) is 13.3. The molecule has 1 N–H and O–H groups in total. The molecule has 0 spiro atoms. The van der Waals surface area contributed by atoms with Crippen LogP contribution < -0.4 is 5.32 Å². The summed E-state index contributed by atoms with van der Waals surface area (Å²) in [4.78, 5) is 23.2. The smallest absolute Gasteiger partial charge is 0.328 e. The fourth-order valence-electron chi connectivity index (χ4n) is 1.39. The average Bonchev–Trinajstić information content (AvgIpc) is 2.71. The Balaban J connectivity index is 2.74. The van der Waals surface area contributed by atoms with E-state index in [1.165, 1.54) is 7.11 Å². The van der Waals surface area contributed by atoms with E-state index >= 15 is 0 Å². The van der Waals surface area contributed by atoms with Crippen molar-refractivity contribution in [2.75, 3.05) is 7.11 Å². The Morgan fingerprint density at radius 3 is 2.41 bits per heavy atom. The lowest BCUT2D eigenvalue weighted by Crippen LogP contribution is -2.44. The van der Waals surface area contributed by atoms with E-state index in [2.05, 4.69) is 10.1 Å². The first-order chi connectivity index (χ1) is 7.95. The van der Waals surface area contributed by atoms with Gasteiger partial charge in [-0.05, 0) is 25.0 Å². The first-order valence-corrected chi connectivity index (χ1v) is 5.40. The predicted molar refractivity (Wildman–Crippen MR) is 61.6 cm³/mol. The van der Waals surface area contributed by atoms with Crippen molar-refractivity contribution in [1.82, 2.24) is 5.32 Å². The molecule has 1 rings (SSSR count). The molecule has 0 aliphatic rings. The van der Waals surface area contributed by atoms with Crippen molar-refractivity contribution in [3.05, 3.63) is 23.7 Å². The Morgan fingerprint density at radius 1 is 1.35 bits per heavy atom. The Bertz CT molecular complexity index is 408. The third-order valence-electron chi connectivity index (χ3n) is 2.37. The largest absolute Gasteiger partial charge is 0.467 e. The maximum absolute atomic E-state index is 11.8. The number of ether oxygens (including phenoxy) is 1. The zero-order valence-corrected chi connectivity index (χ0v) is 10.4. The average molecular weight is 239 g/mol. The SMILES string of the molecule is COC(=O)[C@@H](NC(=O)c1ccc(C)o1)C(C)C. The summed E-state index contributed by atoms with van der Waals surface area (Å²) in [6.07, 6.45) is 0. The topological polar surface area (TPSA) is 68.5 Å². The van der Waals surface area contributed by atoms with Gasteiger partial charge in [-0.25, -0.2) is 4.79 Å². The number of rotatable bonds is 4. The van der Waals surface area contributed by atoms with Gasteiger partial charge in [0.15, 0.2) is 5.76 Å². The van der Waals surface area contributed by atoms with Gasteiger partial charge < -0.3 is 14.5 Å². The lowest BCUT2D eigenvalue weighted by atomic mass is 10.0. The molecule has 1 amide bonds. The van der Waals surface area contributed by atoms with Crippen molar-refractivity contribution in [3.8, 4) is 0 Å². The standard InChI is InChI=1S/C12H17NO4/c1-7(2)10(12(15)16-4)13-11(14)9-6-5-8(3)17-9/h5-7,10H,1-4H3,(H,13,14)/t10-/m0/s1. The van der Waals surface area contributed by atoms with E-state index in [1.54, 1.807) is 19.1 Å². The summed E-state index contributed by atoms with van der Waals surface area (Å²) >= 11 is 0. The molecule has 0 unspecified atom stereocenters. The number of hydrogen-bond donors (Lipinski definition) is 1. The number of methoxy groups -OCH3 is 1. The van der Waals surface area contributed by atoms with Gasteiger partial charge in [0.05, 0.1) is 7.11 Å². The molecule has 0 saturated carbocycles. The minimum absolute atomic E-state index is 0.0533. The van der Waals surface area contributed by atoms with E-state index in [4.69, 9.17) is 4.42 Å². The number of carbonyl (C=O) groups excluding carboxylic acids is 2. The van der Waals surface area contributed by atoms with Gasteiger partial charge in [-0.15, -0.1) is 0 Å². The van der Waals surface area contributed by atoms with Crippen LogP contribution in [0.15, 0.2) is 16.5 Å². The van der Waals surface area contributed by atoms with Crippen LogP contribution in [0.5, 0.6) is 0 Å². The highest BCUT2D eigenvalue weighted by molar-refractivity contribution is 5.94. The summed E-state index contributed by atoms with van der Waals surface area (Å²) in [5, 5.41) is 2.59. The summed E-state index contributed by atoms with van der Waals surface area (Å²) in [6.45, 7) is 5.40. The quantitative estimate of drug-likeness (QED) is 0.809. The molecule has 0 fully saturated rings. The van der Waals surface area contributed by atoms with Crippen LogP contribution in [0.3, 0.4) is 0 Å². The van der Waals surface area contributed by atoms with Crippen molar-refractivity contribution in [3.63, 3.8) is 0 Å². The van der Waals surface area contributed by atoms with Crippen LogP contribution in [0.1, 0.15) is 30.2 Å². The van der Waals surface area contributed by atoms with Gasteiger partial charge in [0.1, 0.15) is 11.8 Å². The van der Waals surface area contributed by atoms with E-state index in [0.29, 0.717) is 5.76 Å². The number of carbonyl (C=O) groups is 2. The maximum Gasteiger partial charge on any atom is 0.328 e. The molecule has 0 radical (unpaired) electrons. The summed E-state index contributed by atoms with van der Waals surface area (Å²) in [6, 6.07) is 2.59. The normalized spacial score (nSPS) is 12.3. The highest BCUT2D eigenvalue weighted by Gasteiger charge is 2.26. The van der Waals surface area contributed by atoms with Gasteiger partial charge in [0, 0.05) is 0 Å². The number of furan rings is 1. The molecule has 94 valence electrons. The highest BCUT2D eigenvalue weighted by atomic mass is 16.5. The lowest BCUT2D eigenvalue weighted by Gasteiger charge is -2.18. The Morgan fingerprint density at radius 2 is 2.00 bits per heavy atom. The van der Waals surface area contributed by atoms with Gasteiger partial charge in [-0.2, -0.15) is 0 Å². The Hall–Kier alpha value is -1.78. The van der Waals surface area contributed by atoms with Crippen molar-refractivity contribution in [2.45, 2.75) is 26.8 Å². The van der Waals surface area contributed by atoms with Crippen LogP contribution in [0.2, 0.25) is 0 Å². The monoisotopic (exact) mass is 239 g/mol. The van der Waals surface area contributed by atoms with E-state index in [9.17, 15) is 9.59 Å². The van der Waals surface area contributed by atoms with E-state index in [1.807, 2.05) is 13.8 Å². The minimum Gasteiger partial charge on any atom is -0.467 e. The van der Waals surface area contributed by atoms with Crippen LogP contribution in [-0.4, -0.2) is 25.0 Å². The van der Waals surface area contributed by atoms with Crippen LogP contribution in [-0.2, 0) is 9.53 Å². The van der Waals surface area contributed by atoms with Gasteiger partial charge in [0.25, 0.3) is 5.91 Å². The molecule has 5 heteroatoms. The summed E-state index contributed by atoms with van der Waals surface area (Å²) in [7, 11) is 1.29. The molecule has 1 aromatic heterocycles.